The van der Waals surface area contributed by atoms with Crippen molar-refractivity contribution in [2.45, 2.75) is 99.3 Å². The maximum Gasteiger partial charge on any atom is 0.266 e. The number of carbonyl (C=O) groups is 4. The summed E-state index contributed by atoms with van der Waals surface area (Å²) in [7, 11) is -8.54. The van der Waals surface area contributed by atoms with Gasteiger partial charge in [0, 0.05) is 77.7 Å². The van der Waals surface area contributed by atoms with E-state index in [1.54, 1.807) is 13.8 Å². The number of hydrogen-bond acceptors (Lipinski definition) is 8. The first-order valence-corrected chi connectivity index (χ1v) is 22.1. The maximum atomic E-state index is 13.0. The van der Waals surface area contributed by atoms with E-state index in [1.165, 1.54) is 0 Å². The third-order valence-electron chi connectivity index (χ3n) is 10.5. The molecule has 0 aromatic carbocycles. The minimum absolute atomic E-state index is 0.0115. The van der Waals surface area contributed by atoms with Crippen molar-refractivity contribution in [1.29, 1.82) is 0 Å². The number of H-pyrrole nitrogens is 2. The fourth-order valence-corrected chi connectivity index (χ4v) is 8.44. The Bertz CT molecular complexity index is 2150. The molecule has 0 bridgehead atoms. The third-order valence-corrected chi connectivity index (χ3v) is 12.0. The molecular formula is C39H54N6O10S2. The van der Waals surface area contributed by atoms with E-state index in [1.807, 2.05) is 53.7 Å². The van der Waals surface area contributed by atoms with E-state index in [2.05, 4.69) is 31.2 Å². The van der Waals surface area contributed by atoms with Crippen molar-refractivity contribution >= 4 is 56.0 Å². The molecular weight excluding hydrogens is 777 g/mol. The first-order valence-electron chi connectivity index (χ1n) is 18.9. The highest BCUT2D eigenvalue weighted by Gasteiger charge is 2.29. The van der Waals surface area contributed by atoms with Crippen molar-refractivity contribution in [3.8, 4) is 0 Å². The third kappa shape index (κ3) is 11.2. The Hall–Kier alpha value is -4.78. The second kappa shape index (κ2) is 18.2. The highest BCUT2D eigenvalue weighted by atomic mass is 32.2. The Morgan fingerprint density at radius 2 is 1.02 bits per heavy atom. The van der Waals surface area contributed by atoms with Gasteiger partial charge in [-0.2, -0.15) is 16.8 Å². The summed E-state index contributed by atoms with van der Waals surface area (Å²) in [4.78, 5) is 58.4. The van der Waals surface area contributed by atoms with E-state index >= 15 is 0 Å². The minimum Gasteiger partial charge on any atom is -0.358 e. The summed E-state index contributed by atoms with van der Waals surface area (Å²) in [5, 5.41) is 11.0. The van der Waals surface area contributed by atoms with Crippen LogP contribution in [0.2, 0.25) is 0 Å². The molecule has 2 aliphatic rings. The van der Waals surface area contributed by atoms with Crippen molar-refractivity contribution in [3.63, 3.8) is 0 Å². The number of aromatic amines is 2. The molecule has 18 heteroatoms. The van der Waals surface area contributed by atoms with Crippen LogP contribution in [0.4, 0.5) is 0 Å². The standard InChI is InChI=1S/C39H54N6O10S2/c1-9-26-22(5)38(48)44-30(26)17-28-24(7)36(20(3)15-34(46)40-11-13-56(50,51)52)32(42-28)19-33-37(21(4)16-35(47)41-12-14-57(53,54)55)25(8)29(43-33)18-31-27(10-2)23(6)39(49)45-31/h17-18,20-21,42-43H,9-16,19H2,1-8H3,(H,40,46)(H,41,47)(H,44,48)(H,45,49)(H,50,51,52)(H,53,54,55)/b30-17-,31-18-/t20-,21-/m0/s1. The number of allylic oxidation sites excluding steroid dienone is 2. The lowest BCUT2D eigenvalue weighted by Crippen LogP contribution is -2.29. The van der Waals surface area contributed by atoms with Gasteiger partial charge < -0.3 is 31.2 Å². The van der Waals surface area contributed by atoms with Crippen LogP contribution >= 0.6 is 0 Å². The highest BCUT2D eigenvalue weighted by molar-refractivity contribution is 7.86. The number of carbonyl (C=O) groups excluding carboxylic acids is 4. The highest BCUT2D eigenvalue weighted by Crippen LogP contribution is 2.37. The van der Waals surface area contributed by atoms with Crippen LogP contribution in [0.3, 0.4) is 0 Å². The molecule has 4 heterocycles. The van der Waals surface area contributed by atoms with Gasteiger partial charge >= 0.3 is 0 Å². The molecule has 0 radical (unpaired) electrons. The summed E-state index contributed by atoms with van der Waals surface area (Å²) in [6.45, 7) is 14.5. The lowest BCUT2D eigenvalue weighted by atomic mass is 9.89. The van der Waals surface area contributed by atoms with Crippen molar-refractivity contribution in [1.82, 2.24) is 31.2 Å². The van der Waals surface area contributed by atoms with E-state index < -0.39 is 55.4 Å². The van der Waals surface area contributed by atoms with E-state index in [-0.39, 0.29) is 44.2 Å². The van der Waals surface area contributed by atoms with Gasteiger partial charge in [-0.1, -0.05) is 27.7 Å². The Balaban J connectivity index is 1.82. The average molecular weight is 831 g/mol. The summed E-state index contributed by atoms with van der Waals surface area (Å²) in [5.41, 5.74) is 10.5. The van der Waals surface area contributed by atoms with Crippen LogP contribution in [0.1, 0.15) is 124 Å². The smallest absolute Gasteiger partial charge is 0.266 e. The second-order valence-corrected chi connectivity index (χ2v) is 17.9. The predicted molar refractivity (Wildman–Crippen MR) is 217 cm³/mol. The van der Waals surface area contributed by atoms with Crippen LogP contribution in [0.15, 0.2) is 33.7 Å². The van der Waals surface area contributed by atoms with Gasteiger partial charge in [0.2, 0.25) is 11.8 Å². The average Bonchev–Trinajstić information content (AvgIpc) is 3.75. The van der Waals surface area contributed by atoms with E-state index in [0.717, 1.165) is 44.8 Å². The van der Waals surface area contributed by atoms with Crippen LogP contribution in [-0.4, -0.2) is 84.1 Å². The molecule has 2 atom stereocenters. The monoisotopic (exact) mass is 830 g/mol. The zero-order valence-corrected chi connectivity index (χ0v) is 35.3. The summed E-state index contributed by atoms with van der Waals surface area (Å²) in [6.07, 6.45) is 5.23. The summed E-state index contributed by atoms with van der Waals surface area (Å²) < 4.78 is 63.2. The number of rotatable bonds is 18. The predicted octanol–water partition coefficient (Wildman–Crippen LogP) is 3.94. The van der Waals surface area contributed by atoms with Crippen molar-refractivity contribution in [3.05, 3.63) is 78.7 Å². The molecule has 0 fully saturated rings. The number of aromatic nitrogens is 2. The number of hydrogen-bond donors (Lipinski definition) is 8. The SMILES string of the molecule is CCC1=C(C)C(=O)N/C1=C\c1[nH]c(Cc2[nH]c(/C=C3\NC(=O)C(C)=C3CC)c(C)c2[C@@H](C)CC(=O)NCCS(=O)(=O)O)c([C@@H](C)CC(=O)NCCS(=O)(=O)O)c1C. The maximum absolute atomic E-state index is 13.0. The molecule has 8 N–H and O–H groups in total. The Morgan fingerprint density at radius 1 is 0.667 bits per heavy atom. The van der Waals surface area contributed by atoms with E-state index in [9.17, 15) is 36.0 Å². The topological polar surface area (TPSA) is 257 Å². The lowest BCUT2D eigenvalue weighted by Gasteiger charge is -2.17. The second-order valence-electron chi connectivity index (χ2n) is 14.7. The summed E-state index contributed by atoms with van der Waals surface area (Å²) >= 11 is 0. The number of amides is 4. The first kappa shape index (κ1) is 44.9. The molecule has 0 aliphatic carbocycles. The van der Waals surface area contributed by atoms with Gasteiger partial charge in [-0.05, 0) is 97.9 Å². The zero-order valence-electron chi connectivity index (χ0n) is 33.7. The van der Waals surface area contributed by atoms with Crippen LogP contribution in [0.5, 0.6) is 0 Å². The van der Waals surface area contributed by atoms with Gasteiger partial charge in [-0.25, -0.2) is 0 Å². The molecule has 2 aromatic rings. The van der Waals surface area contributed by atoms with Gasteiger partial charge in [0.25, 0.3) is 32.1 Å². The van der Waals surface area contributed by atoms with Gasteiger partial charge in [0.1, 0.15) is 0 Å². The molecule has 0 spiro atoms. The fourth-order valence-electron chi connectivity index (χ4n) is 7.72. The molecule has 2 aliphatic heterocycles. The van der Waals surface area contributed by atoms with Crippen molar-refractivity contribution < 1.29 is 45.1 Å². The van der Waals surface area contributed by atoms with Gasteiger partial charge in [0.05, 0.1) is 11.5 Å². The zero-order chi connectivity index (χ0) is 42.6. The van der Waals surface area contributed by atoms with Gasteiger partial charge in [-0.15, -0.1) is 0 Å². The van der Waals surface area contributed by atoms with Crippen LogP contribution in [0, 0.1) is 13.8 Å². The normalized spacial score (nSPS) is 17.4. The molecule has 2 aromatic heterocycles. The molecule has 312 valence electrons. The lowest BCUT2D eigenvalue weighted by molar-refractivity contribution is -0.122. The Morgan fingerprint density at radius 3 is 1.33 bits per heavy atom. The largest absolute Gasteiger partial charge is 0.358 e. The Kier molecular flexibility index (Phi) is 14.4. The summed E-state index contributed by atoms with van der Waals surface area (Å²) in [5.74, 6) is -3.23. The number of nitrogens with one attached hydrogen (secondary N) is 6. The first-order chi connectivity index (χ1) is 26.5. The molecule has 16 nitrogen and oxygen atoms in total. The van der Waals surface area contributed by atoms with Crippen molar-refractivity contribution in [2.75, 3.05) is 24.6 Å². The van der Waals surface area contributed by atoms with Crippen molar-refractivity contribution in [2.24, 2.45) is 0 Å². The Labute approximate surface area is 334 Å². The molecule has 4 amide bonds. The van der Waals surface area contributed by atoms with Crippen LogP contribution in [-0.2, 0) is 45.8 Å². The fraction of sp³-hybridized carbons (Fsp3) is 0.487. The van der Waals surface area contributed by atoms with E-state index in [0.29, 0.717) is 46.8 Å². The van der Waals surface area contributed by atoms with Gasteiger partial charge in [-0.3, -0.25) is 28.3 Å². The molecule has 0 unspecified atom stereocenters. The van der Waals surface area contributed by atoms with Crippen LogP contribution in [0.25, 0.3) is 12.2 Å². The molecule has 57 heavy (non-hydrogen) atoms. The van der Waals surface area contributed by atoms with Crippen LogP contribution < -0.4 is 21.3 Å². The minimum atomic E-state index is -4.27. The quantitative estimate of drug-likeness (QED) is 0.100. The molecule has 0 saturated heterocycles. The molecule has 0 saturated carbocycles. The van der Waals surface area contributed by atoms with Gasteiger partial charge in [0.15, 0.2) is 0 Å². The molecule has 4 rings (SSSR count). The van der Waals surface area contributed by atoms with E-state index in [4.69, 9.17) is 9.11 Å². The summed E-state index contributed by atoms with van der Waals surface area (Å²) in [6, 6.07) is 0.